The van der Waals surface area contributed by atoms with Crippen LogP contribution in [0, 0.1) is 5.82 Å². The van der Waals surface area contributed by atoms with Gasteiger partial charge in [0.1, 0.15) is 5.82 Å². The van der Waals surface area contributed by atoms with E-state index >= 15 is 0 Å². The SMILES string of the molecule is CN(CC(=O)O)C1CCCN(Cc2ccc(-c3ccccc3F)s2)CC1. The highest BCUT2D eigenvalue weighted by Gasteiger charge is 2.22. The average Bonchev–Trinajstić information content (AvgIpc) is 2.92. The van der Waals surface area contributed by atoms with E-state index in [1.165, 1.54) is 10.9 Å². The molecule has 1 saturated heterocycles. The van der Waals surface area contributed by atoms with E-state index in [9.17, 15) is 9.18 Å². The highest BCUT2D eigenvalue weighted by atomic mass is 32.1. The maximum Gasteiger partial charge on any atom is 0.317 e. The number of carboxylic acid groups (broad SMARTS) is 1. The fraction of sp³-hybridized carbons (Fsp3) is 0.450. The first-order valence-corrected chi connectivity index (χ1v) is 9.82. The van der Waals surface area contributed by atoms with Crippen LogP contribution in [-0.2, 0) is 11.3 Å². The highest BCUT2D eigenvalue weighted by molar-refractivity contribution is 7.15. The summed E-state index contributed by atoms with van der Waals surface area (Å²) in [6, 6.07) is 11.3. The number of carbonyl (C=O) groups is 1. The molecule has 0 spiro atoms. The van der Waals surface area contributed by atoms with Crippen molar-refractivity contribution in [3.63, 3.8) is 0 Å². The smallest absolute Gasteiger partial charge is 0.317 e. The van der Waals surface area contributed by atoms with Gasteiger partial charge in [-0.3, -0.25) is 14.6 Å². The van der Waals surface area contributed by atoms with Crippen LogP contribution in [0.3, 0.4) is 0 Å². The number of nitrogens with zero attached hydrogens (tertiary/aromatic N) is 2. The maximum absolute atomic E-state index is 14.0. The molecule has 2 heterocycles. The zero-order chi connectivity index (χ0) is 18.5. The minimum Gasteiger partial charge on any atom is -0.480 e. The van der Waals surface area contributed by atoms with Crippen molar-refractivity contribution >= 4 is 17.3 Å². The molecule has 1 N–H and O–H groups in total. The van der Waals surface area contributed by atoms with Crippen LogP contribution in [0.15, 0.2) is 36.4 Å². The quantitative estimate of drug-likeness (QED) is 0.830. The van der Waals surface area contributed by atoms with E-state index in [0.717, 1.165) is 43.8 Å². The largest absolute Gasteiger partial charge is 0.480 e. The van der Waals surface area contributed by atoms with Crippen molar-refractivity contribution in [2.75, 3.05) is 26.7 Å². The number of hydrogen-bond acceptors (Lipinski definition) is 4. The molecular formula is C20H25FN2O2S. The minimum atomic E-state index is -0.770. The summed E-state index contributed by atoms with van der Waals surface area (Å²) < 4.78 is 14.0. The molecule has 1 aliphatic heterocycles. The zero-order valence-electron chi connectivity index (χ0n) is 15.0. The first kappa shape index (κ1) is 19.0. The molecule has 4 nitrogen and oxygen atoms in total. The molecule has 1 aliphatic rings. The van der Waals surface area contributed by atoms with E-state index < -0.39 is 5.97 Å². The molecular weight excluding hydrogens is 351 g/mol. The average molecular weight is 376 g/mol. The number of hydrogen-bond donors (Lipinski definition) is 1. The summed E-state index contributed by atoms with van der Waals surface area (Å²) in [5, 5.41) is 8.97. The number of likely N-dealkylation sites (N-methyl/N-ethyl adjacent to an activating group) is 1. The van der Waals surface area contributed by atoms with Gasteiger partial charge < -0.3 is 5.11 Å². The van der Waals surface area contributed by atoms with Crippen molar-refractivity contribution in [2.45, 2.75) is 31.8 Å². The Kier molecular flexibility index (Phi) is 6.40. The molecule has 0 saturated carbocycles. The fourth-order valence-corrected chi connectivity index (χ4v) is 4.65. The number of thiophene rings is 1. The maximum atomic E-state index is 14.0. The Bertz CT molecular complexity index is 749. The summed E-state index contributed by atoms with van der Waals surface area (Å²) in [4.78, 5) is 17.5. The van der Waals surface area contributed by atoms with Crippen LogP contribution in [0.5, 0.6) is 0 Å². The number of aliphatic carboxylic acids is 1. The number of likely N-dealkylation sites (tertiary alicyclic amines) is 1. The Hall–Kier alpha value is -1.76. The van der Waals surface area contributed by atoms with Crippen molar-refractivity contribution in [1.82, 2.24) is 9.80 Å². The van der Waals surface area contributed by atoms with Crippen molar-refractivity contribution in [1.29, 1.82) is 0 Å². The van der Waals surface area contributed by atoms with Gasteiger partial charge >= 0.3 is 5.97 Å². The summed E-state index contributed by atoms with van der Waals surface area (Å²) in [7, 11) is 1.90. The Morgan fingerprint density at radius 1 is 1.27 bits per heavy atom. The van der Waals surface area contributed by atoms with Crippen LogP contribution < -0.4 is 0 Å². The first-order chi connectivity index (χ1) is 12.5. The van der Waals surface area contributed by atoms with Crippen LogP contribution in [0.4, 0.5) is 4.39 Å². The topological polar surface area (TPSA) is 43.8 Å². The second kappa shape index (κ2) is 8.75. The molecule has 0 aliphatic carbocycles. The van der Waals surface area contributed by atoms with Gasteiger partial charge in [-0.15, -0.1) is 11.3 Å². The summed E-state index contributed by atoms with van der Waals surface area (Å²) >= 11 is 1.65. The Balaban J connectivity index is 1.58. The standard InChI is InChI=1S/C20H25FN2O2S/c1-22(14-20(24)25)15-5-4-11-23(12-10-15)13-16-8-9-19(26-16)17-6-2-3-7-18(17)21/h2-3,6-9,15H,4-5,10-14H2,1H3,(H,24,25). The molecule has 26 heavy (non-hydrogen) atoms. The van der Waals surface area contributed by atoms with E-state index in [4.69, 9.17) is 5.11 Å². The highest BCUT2D eigenvalue weighted by Crippen LogP contribution is 2.31. The minimum absolute atomic E-state index is 0.0988. The molecule has 3 rings (SSSR count). The predicted octanol–water partition coefficient (Wildman–Crippen LogP) is 3.93. The molecule has 1 unspecified atom stereocenters. The van der Waals surface area contributed by atoms with Gasteiger partial charge in [0.2, 0.25) is 0 Å². The monoisotopic (exact) mass is 376 g/mol. The number of carboxylic acids is 1. The molecule has 1 fully saturated rings. The van der Waals surface area contributed by atoms with Gasteiger partial charge in [-0.25, -0.2) is 4.39 Å². The molecule has 1 aromatic heterocycles. The molecule has 1 atom stereocenters. The molecule has 6 heteroatoms. The van der Waals surface area contributed by atoms with E-state index in [0.29, 0.717) is 11.6 Å². The normalized spacial score (nSPS) is 18.8. The number of rotatable bonds is 6. The summed E-state index contributed by atoms with van der Waals surface area (Å²) in [6.07, 6.45) is 3.08. The van der Waals surface area contributed by atoms with Gasteiger partial charge in [0, 0.05) is 34.4 Å². The lowest BCUT2D eigenvalue weighted by atomic mass is 10.1. The van der Waals surface area contributed by atoms with Gasteiger partial charge in [0.25, 0.3) is 0 Å². The number of benzene rings is 1. The lowest BCUT2D eigenvalue weighted by Gasteiger charge is -2.25. The second-order valence-corrected chi connectivity index (χ2v) is 8.08. The van der Waals surface area contributed by atoms with Gasteiger partial charge in [-0.2, -0.15) is 0 Å². The summed E-state index contributed by atoms with van der Waals surface area (Å²) in [5.74, 6) is -0.951. The Morgan fingerprint density at radius 2 is 2.08 bits per heavy atom. The summed E-state index contributed by atoms with van der Waals surface area (Å²) in [5.41, 5.74) is 0.662. The van der Waals surface area contributed by atoms with E-state index in [2.05, 4.69) is 11.0 Å². The van der Waals surface area contributed by atoms with Crippen molar-refractivity contribution in [3.05, 3.63) is 47.1 Å². The third kappa shape index (κ3) is 4.90. The Labute approximate surface area is 157 Å². The third-order valence-electron chi connectivity index (χ3n) is 4.98. The first-order valence-electron chi connectivity index (χ1n) is 9.01. The summed E-state index contributed by atoms with van der Waals surface area (Å²) in [6.45, 7) is 2.95. The van der Waals surface area contributed by atoms with Gasteiger partial charge in [-0.05, 0) is 51.1 Å². The van der Waals surface area contributed by atoms with Crippen LogP contribution in [0.1, 0.15) is 24.1 Å². The van der Waals surface area contributed by atoms with Crippen molar-refractivity contribution in [2.24, 2.45) is 0 Å². The van der Waals surface area contributed by atoms with Crippen LogP contribution >= 0.6 is 11.3 Å². The molecule has 0 radical (unpaired) electrons. The molecule has 0 bridgehead atoms. The third-order valence-corrected chi connectivity index (χ3v) is 6.08. The van der Waals surface area contributed by atoms with Gasteiger partial charge in [-0.1, -0.05) is 18.2 Å². The van der Waals surface area contributed by atoms with Gasteiger partial charge in [0.05, 0.1) is 6.54 Å². The zero-order valence-corrected chi connectivity index (χ0v) is 15.8. The molecule has 140 valence electrons. The molecule has 1 aromatic carbocycles. The van der Waals surface area contributed by atoms with Crippen LogP contribution in [0.25, 0.3) is 10.4 Å². The molecule has 0 amide bonds. The van der Waals surface area contributed by atoms with Gasteiger partial charge in [0.15, 0.2) is 0 Å². The lowest BCUT2D eigenvalue weighted by molar-refractivity contribution is -0.138. The van der Waals surface area contributed by atoms with E-state index in [-0.39, 0.29) is 12.4 Å². The van der Waals surface area contributed by atoms with E-state index in [1.807, 2.05) is 30.1 Å². The van der Waals surface area contributed by atoms with Crippen LogP contribution in [-0.4, -0.2) is 53.6 Å². The predicted molar refractivity (Wildman–Crippen MR) is 103 cm³/mol. The van der Waals surface area contributed by atoms with Crippen molar-refractivity contribution in [3.8, 4) is 10.4 Å². The molecule has 2 aromatic rings. The van der Waals surface area contributed by atoms with Crippen molar-refractivity contribution < 1.29 is 14.3 Å². The fourth-order valence-electron chi connectivity index (χ4n) is 3.57. The second-order valence-electron chi connectivity index (χ2n) is 6.92. The Morgan fingerprint density at radius 3 is 2.85 bits per heavy atom. The lowest BCUT2D eigenvalue weighted by Crippen LogP contribution is -2.36. The van der Waals surface area contributed by atoms with E-state index in [1.54, 1.807) is 17.4 Å². The number of halogens is 1. The van der Waals surface area contributed by atoms with Crippen LogP contribution in [0.2, 0.25) is 0 Å².